The average Bonchev–Trinajstić information content (AvgIpc) is 1.00. The van der Waals surface area contributed by atoms with E-state index >= 15 is 0 Å². The van der Waals surface area contributed by atoms with E-state index in [0.717, 1.165) is 10.5 Å². The monoisotopic (exact) mass is 182 g/mol. The van der Waals surface area contributed by atoms with E-state index in [4.69, 9.17) is 4.80 Å². The minimum Gasteiger partial charge on any atom is -1.00 e. The summed E-state index contributed by atoms with van der Waals surface area (Å²) in [7, 11) is 0.861. The fraction of sp³-hybridized carbons (Fsp3) is 0. The van der Waals surface area contributed by atoms with Gasteiger partial charge in [0.05, 0.1) is 0 Å². The molecule has 0 atom stereocenters. The molecule has 1 nitrogen and oxygen atoms in total. The van der Waals surface area contributed by atoms with Crippen molar-refractivity contribution in [1.82, 2.24) is 0 Å². The van der Waals surface area contributed by atoms with Gasteiger partial charge in [-0.2, -0.15) is 0 Å². The van der Waals surface area contributed by atoms with Crippen LogP contribution in [0.4, 0.5) is 0 Å². The molecule has 0 aromatic carbocycles. The van der Waals surface area contributed by atoms with Gasteiger partial charge < -0.3 is 6.22 Å². The van der Waals surface area contributed by atoms with Crippen LogP contribution in [0.2, 0.25) is 0 Å². The van der Waals surface area contributed by atoms with Gasteiger partial charge in [0.25, 0.3) is 0 Å². The fourth-order valence-electron chi connectivity index (χ4n) is 0. The van der Waals surface area contributed by atoms with E-state index in [0.29, 0.717) is 0 Å². The minimum atomic E-state index is 0. The number of hydrogen-bond acceptors (Lipinski definition) is 1. The molecule has 0 aliphatic rings. The summed E-state index contributed by atoms with van der Waals surface area (Å²) in [6.45, 7) is 0. The van der Waals surface area contributed by atoms with Gasteiger partial charge in [-0.25, -0.2) is 0 Å². The summed E-state index contributed by atoms with van der Waals surface area (Å²) in [5, 5.41) is 0. The molecule has 5 heavy (non-hydrogen) atoms. The normalized spacial score (nSPS) is 1.20. The van der Waals surface area contributed by atoms with Gasteiger partial charge in [-0.3, -0.25) is 0 Å². The maximum Gasteiger partial charge on any atom is 1.00 e. The topological polar surface area (TPSA) is 20.2 Å². The smallest absolute Gasteiger partial charge is 1.00 e. The van der Waals surface area contributed by atoms with Crippen molar-refractivity contribution in [2.24, 2.45) is 0 Å². The zero-order chi connectivity index (χ0) is 2.00. The molecule has 0 rings (SSSR count). The summed E-state index contributed by atoms with van der Waals surface area (Å²) < 4.78 is 0. The van der Waals surface area contributed by atoms with Crippen molar-refractivity contribution >= 4 is 10.5 Å². The van der Waals surface area contributed by atoms with E-state index < -0.39 is 0 Å². The van der Waals surface area contributed by atoms with Gasteiger partial charge >= 0.3 is 29.6 Å². The van der Waals surface area contributed by atoms with E-state index in [1.165, 1.54) is 0 Å². The molecule has 0 spiro atoms. The third-order valence-electron chi connectivity index (χ3n) is 0. The van der Waals surface area contributed by atoms with E-state index in [-0.39, 0.29) is 65.1 Å². The molecule has 30 valence electrons. The van der Waals surface area contributed by atoms with Gasteiger partial charge in [0.15, 0.2) is 10.5 Å². The molecule has 0 unspecified atom stereocenters. The van der Waals surface area contributed by atoms with Crippen LogP contribution in [0.5, 0.6) is 0 Å². The molecule has 0 saturated heterocycles. The first-order chi connectivity index (χ1) is 1.00. The molecule has 0 heterocycles. The first kappa shape index (κ1) is 27.0. The van der Waals surface area contributed by atoms with Gasteiger partial charge in [0.1, 0.15) is 0 Å². The molecule has 0 fully saturated rings. The third kappa shape index (κ3) is 22.5. The fourth-order valence-corrected chi connectivity index (χ4v) is 0. The van der Waals surface area contributed by atoms with Crippen LogP contribution in [0.3, 0.4) is 0 Å². The average molecular weight is 182 g/mol. The van der Waals surface area contributed by atoms with Gasteiger partial charge in [0, 0.05) is 34.1 Å². The van der Waals surface area contributed by atoms with E-state index in [9.17, 15) is 0 Å². The first-order valence-corrected chi connectivity index (χ1v) is 0.949. The first-order valence-electron chi connectivity index (χ1n) is 0.316. The van der Waals surface area contributed by atoms with Crippen LogP contribution in [-0.2, 0) is 34.1 Å². The zero-order valence-corrected chi connectivity index (χ0v) is 8.58. The second-order valence-electron chi connectivity index (χ2n) is 0. The molecule has 0 bridgehead atoms. The molecular formula is H4FeMnNaOSi. The maximum absolute atomic E-state index is 7.03. The van der Waals surface area contributed by atoms with Crippen molar-refractivity contribution in [3.8, 4) is 0 Å². The Labute approximate surface area is 79.6 Å². The van der Waals surface area contributed by atoms with Crippen molar-refractivity contribution < 1.29 is 69.9 Å². The second kappa shape index (κ2) is 34.4. The van der Waals surface area contributed by atoms with Crippen molar-refractivity contribution in [2.75, 3.05) is 0 Å². The van der Waals surface area contributed by atoms with Crippen LogP contribution in [0, 0.1) is 0 Å². The Morgan fingerprint density at radius 3 is 1.40 bits per heavy atom. The van der Waals surface area contributed by atoms with Crippen LogP contribution < -0.4 is 29.6 Å². The predicted molar refractivity (Wildman–Crippen MR) is 11.9 cm³/mol. The Bertz CT molecular complexity index is 15.5. The summed E-state index contributed by atoms with van der Waals surface area (Å²) in [6, 6.07) is 0. The minimum absolute atomic E-state index is 0. The molecule has 0 saturated carbocycles. The van der Waals surface area contributed by atoms with Crippen LogP contribution in [-0.4, -0.2) is 15.3 Å². The van der Waals surface area contributed by atoms with Crippen molar-refractivity contribution in [2.45, 2.75) is 0 Å². The van der Waals surface area contributed by atoms with Crippen LogP contribution in [0.25, 0.3) is 0 Å². The van der Waals surface area contributed by atoms with E-state index in [1.807, 2.05) is 0 Å². The van der Waals surface area contributed by atoms with Crippen LogP contribution >= 0.6 is 0 Å². The standard InChI is InChI=1S/Fe.Mn.Na.H3OSi.H/c;;;1-2;/h;;;1H,2H2;/q;;+1;;-1. The molecule has 2 radical (unpaired) electrons. The maximum atomic E-state index is 7.03. The summed E-state index contributed by atoms with van der Waals surface area (Å²) in [5.74, 6) is 0. The molecule has 0 aliphatic heterocycles. The Morgan fingerprint density at radius 1 is 1.40 bits per heavy atom. The SMILES string of the molecule is O[SiH2].[Fe].[H-].[Mn].[Na+]. The Kier molecular flexibility index (Phi) is 186. The summed E-state index contributed by atoms with van der Waals surface area (Å²) >= 11 is 0. The third-order valence-corrected chi connectivity index (χ3v) is 0. The second-order valence-corrected chi connectivity index (χ2v) is 0. The molecular weight excluding hydrogens is 178 g/mol. The van der Waals surface area contributed by atoms with Crippen molar-refractivity contribution in [3.05, 3.63) is 0 Å². The molecule has 0 aromatic rings. The summed E-state index contributed by atoms with van der Waals surface area (Å²) in [6.07, 6.45) is 0. The molecule has 0 aliphatic carbocycles. The van der Waals surface area contributed by atoms with Gasteiger partial charge in [0.2, 0.25) is 0 Å². The zero-order valence-electron chi connectivity index (χ0n) is 3.89. The Hall–Kier alpha value is 2.22. The van der Waals surface area contributed by atoms with Crippen LogP contribution in [0.1, 0.15) is 1.43 Å². The van der Waals surface area contributed by atoms with Gasteiger partial charge in [-0.1, -0.05) is 0 Å². The number of rotatable bonds is 0. The molecule has 0 aromatic heterocycles. The van der Waals surface area contributed by atoms with E-state index in [2.05, 4.69) is 0 Å². The number of hydrogen-bond donors (Lipinski definition) is 1. The van der Waals surface area contributed by atoms with Crippen molar-refractivity contribution in [1.29, 1.82) is 0 Å². The molecule has 1 N–H and O–H groups in total. The quantitative estimate of drug-likeness (QED) is 0.375. The summed E-state index contributed by atoms with van der Waals surface area (Å²) in [4.78, 5) is 7.03. The Morgan fingerprint density at radius 2 is 1.40 bits per heavy atom. The molecule has 0 amide bonds. The van der Waals surface area contributed by atoms with Gasteiger partial charge in [-0.15, -0.1) is 0 Å². The van der Waals surface area contributed by atoms with Crippen LogP contribution in [0.15, 0.2) is 0 Å². The van der Waals surface area contributed by atoms with E-state index in [1.54, 1.807) is 0 Å². The molecule has 5 heteroatoms. The Balaban J connectivity index is -0.000000000833. The largest absolute Gasteiger partial charge is 1.00 e. The predicted octanol–water partition coefficient (Wildman–Crippen LogP) is -4.36. The van der Waals surface area contributed by atoms with Crippen molar-refractivity contribution in [3.63, 3.8) is 0 Å². The summed E-state index contributed by atoms with van der Waals surface area (Å²) in [5.41, 5.74) is 0. The van der Waals surface area contributed by atoms with Gasteiger partial charge in [-0.05, 0) is 0 Å².